The molecule has 0 atom stereocenters. The van der Waals surface area contributed by atoms with Crippen LogP contribution < -0.4 is 0 Å². The average molecular weight is 240 g/mol. The predicted octanol–water partition coefficient (Wildman–Crippen LogP) is 2.95. The number of aromatic nitrogens is 3. The maximum atomic E-state index is 5.83. The van der Waals surface area contributed by atoms with Crippen molar-refractivity contribution in [1.29, 1.82) is 0 Å². The molecule has 0 fully saturated rings. The number of halogens is 1. The molecule has 0 aliphatic carbocycles. The van der Waals surface area contributed by atoms with Gasteiger partial charge in [-0.05, 0) is 37.4 Å². The Labute approximate surface area is 97.5 Å². The zero-order chi connectivity index (χ0) is 10.8. The maximum absolute atomic E-state index is 5.83. The van der Waals surface area contributed by atoms with Crippen LogP contribution in [0.5, 0.6) is 0 Å². The Kier molecular flexibility index (Phi) is 2.98. The fourth-order valence-corrected chi connectivity index (χ4v) is 1.95. The minimum absolute atomic E-state index is 0.723. The highest BCUT2D eigenvalue weighted by Gasteiger charge is 2.07. The Bertz CT molecular complexity index is 464. The summed E-state index contributed by atoms with van der Waals surface area (Å²) in [7, 11) is 0. The summed E-state index contributed by atoms with van der Waals surface area (Å²) in [6.45, 7) is 1.88. The molecule has 2 rings (SSSR count). The van der Waals surface area contributed by atoms with Gasteiger partial charge < -0.3 is 0 Å². The lowest BCUT2D eigenvalue weighted by atomic mass is 10.3. The molecular formula is C10H10ClN3S. The van der Waals surface area contributed by atoms with Crippen molar-refractivity contribution in [2.24, 2.45) is 0 Å². The highest BCUT2D eigenvalue weighted by Crippen LogP contribution is 2.19. The fourth-order valence-electron chi connectivity index (χ4n) is 1.28. The third-order valence-electron chi connectivity index (χ3n) is 1.94. The van der Waals surface area contributed by atoms with Crippen molar-refractivity contribution in [1.82, 2.24) is 14.8 Å². The van der Waals surface area contributed by atoms with Crippen LogP contribution in [-0.2, 0) is 0 Å². The van der Waals surface area contributed by atoms with Crippen LogP contribution in [0.4, 0.5) is 0 Å². The van der Waals surface area contributed by atoms with E-state index in [1.54, 1.807) is 11.8 Å². The van der Waals surface area contributed by atoms with E-state index in [1.165, 1.54) is 0 Å². The molecule has 0 saturated heterocycles. The van der Waals surface area contributed by atoms with Gasteiger partial charge in [0, 0.05) is 5.02 Å². The Hall–Kier alpha value is -1.00. The summed E-state index contributed by atoms with van der Waals surface area (Å²) in [5.41, 5.74) is 0.976. The van der Waals surface area contributed by atoms with Gasteiger partial charge in [-0.3, -0.25) is 0 Å². The zero-order valence-corrected chi connectivity index (χ0v) is 10.0. The van der Waals surface area contributed by atoms with Crippen molar-refractivity contribution in [3.63, 3.8) is 0 Å². The van der Waals surface area contributed by atoms with E-state index in [0.717, 1.165) is 21.7 Å². The van der Waals surface area contributed by atoms with E-state index < -0.39 is 0 Å². The normalized spacial score (nSPS) is 10.6. The molecule has 1 aromatic carbocycles. The second-order valence-electron chi connectivity index (χ2n) is 3.03. The molecule has 78 valence electrons. The smallest absolute Gasteiger partial charge is 0.190 e. The van der Waals surface area contributed by atoms with Gasteiger partial charge in [0.2, 0.25) is 0 Å². The van der Waals surface area contributed by atoms with Crippen molar-refractivity contribution < 1.29 is 0 Å². The van der Waals surface area contributed by atoms with E-state index >= 15 is 0 Å². The van der Waals surface area contributed by atoms with Crippen molar-refractivity contribution in [3.05, 3.63) is 35.1 Å². The van der Waals surface area contributed by atoms with E-state index in [4.69, 9.17) is 11.6 Å². The van der Waals surface area contributed by atoms with Crippen molar-refractivity contribution in [2.45, 2.75) is 12.1 Å². The number of rotatable bonds is 2. The van der Waals surface area contributed by atoms with E-state index in [9.17, 15) is 0 Å². The van der Waals surface area contributed by atoms with Gasteiger partial charge in [-0.15, -0.1) is 0 Å². The summed E-state index contributed by atoms with van der Waals surface area (Å²) in [6.07, 6.45) is 1.98. The minimum atomic E-state index is 0.723. The molecule has 5 heteroatoms. The Morgan fingerprint density at radius 3 is 2.53 bits per heavy atom. The molecule has 0 aliphatic heterocycles. The van der Waals surface area contributed by atoms with Crippen LogP contribution in [0.15, 0.2) is 29.4 Å². The van der Waals surface area contributed by atoms with Crippen molar-refractivity contribution in [3.8, 4) is 5.69 Å². The lowest BCUT2D eigenvalue weighted by molar-refractivity contribution is 0.783. The first-order chi connectivity index (χ1) is 7.20. The highest BCUT2D eigenvalue weighted by atomic mass is 35.5. The summed E-state index contributed by atoms with van der Waals surface area (Å²) < 4.78 is 1.82. The van der Waals surface area contributed by atoms with Gasteiger partial charge in [-0.2, -0.15) is 5.10 Å². The Morgan fingerprint density at radius 1 is 1.27 bits per heavy atom. The van der Waals surface area contributed by atoms with Gasteiger partial charge in [0.1, 0.15) is 5.82 Å². The minimum Gasteiger partial charge on any atom is -0.208 e. The summed E-state index contributed by atoms with van der Waals surface area (Å²) in [5, 5.41) is 5.93. The number of aryl methyl sites for hydroxylation is 1. The summed E-state index contributed by atoms with van der Waals surface area (Å²) in [6, 6.07) is 7.54. The average Bonchev–Trinajstić information content (AvgIpc) is 2.61. The maximum Gasteiger partial charge on any atom is 0.190 e. The summed E-state index contributed by atoms with van der Waals surface area (Å²) in [5.74, 6) is 0.773. The van der Waals surface area contributed by atoms with Gasteiger partial charge in [0.15, 0.2) is 5.16 Å². The quantitative estimate of drug-likeness (QED) is 0.755. The van der Waals surface area contributed by atoms with Crippen LogP contribution in [0, 0.1) is 6.92 Å². The first-order valence-electron chi connectivity index (χ1n) is 4.44. The van der Waals surface area contributed by atoms with Gasteiger partial charge in [-0.1, -0.05) is 23.4 Å². The summed E-state index contributed by atoms with van der Waals surface area (Å²) in [4.78, 5) is 4.31. The van der Waals surface area contributed by atoms with Gasteiger partial charge in [0.05, 0.1) is 5.69 Å². The molecular weight excluding hydrogens is 230 g/mol. The first-order valence-corrected chi connectivity index (χ1v) is 6.04. The molecule has 0 aliphatic rings. The molecule has 0 bridgehead atoms. The van der Waals surface area contributed by atoms with Crippen molar-refractivity contribution >= 4 is 23.4 Å². The number of thioether (sulfide) groups is 1. The zero-order valence-electron chi connectivity index (χ0n) is 8.44. The van der Waals surface area contributed by atoms with Crippen LogP contribution in [0.1, 0.15) is 5.82 Å². The molecule has 0 amide bonds. The van der Waals surface area contributed by atoms with Crippen molar-refractivity contribution in [2.75, 3.05) is 6.26 Å². The lowest BCUT2D eigenvalue weighted by Gasteiger charge is -2.03. The second-order valence-corrected chi connectivity index (χ2v) is 4.24. The Morgan fingerprint density at radius 2 is 1.93 bits per heavy atom. The number of hydrogen-bond donors (Lipinski definition) is 0. The van der Waals surface area contributed by atoms with Gasteiger partial charge in [0.25, 0.3) is 0 Å². The monoisotopic (exact) mass is 239 g/mol. The predicted molar refractivity (Wildman–Crippen MR) is 62.9 cm³/mol. The topological polar surface area (TPSA) is 30.7 Å². The van der Waals surface area contributed by atoms with E-state index in [0.29, 0.717) is 0 Å². The SMILES string of the molecule is CSc1nc(C)nn1-c1ccc(Cl)cc1. The number of hydrogen-bond acceptors (Lipinski definition) is 3. The van der Waals surface area contributed by atoms with Crippen LogP contribution in [0.2, 0.25) is 5.02 Å². The molecule has 1 aromatic heterocycles. The molecule has 15 heavy (non-hydrogen) atoms. The molecule has 0 radical (unpaired) electrons. The second kappa shape index (κ2) is 4.24. The fraction of sp³-hybridized carbons (Fsp3) is 0.200. The van der Waals surface area contributed by atoms with Crippen LogP contribution in [0.25, 0.3) is 5.69 Å². The van der Waals surface area contributed by atoms with Crippen LogP contribution >= 0.6 is 23.4 Å². The van der Waals surface area contributed by atoms with E-state index in [1.807, 2.05) is 42.1 Å². The molecule has 3 nitrogen and oxygen atoms in total. The van der Waals surface area contributed by atoms with E-state index in [2.05, 4.69) is 10.1 Å². The van der Waals surface area contributed by atoms with E-state index in [-0.39, 0.29) is 0 Å². The van der Waals surface area contributed by atoms with Crippen LogP contribution in [-0.4, -0.2) is 21.0 Å². The number of benzene rings is 1. The molecule has 0 unspecified atom stereocenters. The highest BCUT2D eigenvalue weighted by molar-refractivity contribution is 7.98. The van der Waals surface area contributed by atoms with Gasteiger partial charge in [-0.25, -0.2) is 9.67 Å². The van der Waals surface area contributed by atoms with Crippen LogP contribution in [0.3, 0.4) is 0 Å². The molecule has 1 heterocycles. The molecule has 0 N–H and O–H groups in total. The molecule has 0 spiro atoms. The largest absolute Gasteiger partial charge is 0.208 e. The third kappa shape index (κ3) is 2.16. The first kappa shape index (κ1) is 10.5. The third-order valence-corrected chi connectivity index (χ3v) is 2.82. The number of nitrogens with zero attached hydrogens (tertiary/aromatic N) is 3. The standard InChI is InChI=1S/C10H10ClN3S/c1-7-12-10(15-2)14(13-7)9-5-3-8(11)4-6-9/h3-6H,1-2H3. The molecule has 0 saturated carbocycles. The van der Waals surface area contributed by atoms with Gasteiger partial charge >= 0.3 is 0 Å². The Balaban J connectivity index is 2.48. The summed E-state index contributed by atoms with van der Waals surface area (Å²) >= 11 is 7.40. The lowest BCUT2D eigenvalue weighted by Crippen LogP contribution is -1.97. The molecule has 2 aromatic rings.